The molecule has 0 radical (unpaired) electrons. The number of nitrogens with zero attached hydrogens (tertiary/aromatic N) is 1. The molecule has 0 bridgehead atoms. The van der Waals surface area contributed by atoms with Gasteiger partial charge < -0.3 is 25.3 Å². The third kappa shape index (κ3) is 6.82. The lowest BCUT2D eigenvalue weighted by atomic mass is 10.0. The first kappa shape index (κ1) is 22.9. The summed E-state index contributed by atoms with van der Waals surface area (Å²) in [7, 11) is 3.20. The van der Waals surface area contributed by atoms with Crippen molar-refractivity contribution in [3.63, 3.8) is 0 Å². The summed E-state index contributed by atoms with van der Waals surface area (Å²) in [4.78, 5) is 4.30. The molecule has 3 N–H and O–H groups in total. The molecule has 0 aromatic heterocycles. The Morgan fingerprint density at radius 1 is 1.07 bits per heavy atom. The number of rotatable bonds is 8. The molecule has 27 heavy (non-hydrogen) atoms. The van der Waals surface area contributed by atoms with Gasteiger partial charge in [-0.05, 0) is 29.7 Å². The van der Waals surface area contributed by atoms with Crippen molar-refractivity contribution in [2.75, 3.05) is 32.7 Å². The maximum atomic E-state index is 5.97. The monoisotopic (exact) mass is 485 g/mol. The van der Waals surface area contributed by atoms with Gasteiger partial charge in [-0.15, -0.1) is 24.0 Å². The first-order chi connectivity index (χ1) is 12.5. The van der Waals surface area contributed by atoms with Gasteiger partial charge in [-0.1, -0.05) is 32.0 Å². The predicted octanol–water partition coefficient (Wildman–Crippen LogP) is 4.25. The number of methoxy groups -OCH3 is 2. The quantitative estimate of drug-likeness (QED) is 0.253. The van der Waals surface area contributed by atoms with Crippen LogP contribution in [0.25, 0.3) is 0 Å². The molecule has 0 amide bonds. The van der Waals surface area contributed by atoms with Crippen LogP contribution < -0.4 is 25.3 Å². The van der Waals surface area contributed by atoms with Gasteiger partial charge >= 0.3 is 0 Å². The summed E-state index contributed by atoms with van der Waals surface area (Å²) < 4.78 is 16.4. The fourth-order valence-corrected chi connectivity index (χ4v) is 2.50. The van der Waals surface area contributed by atoms with Gasteiger partial charge in [-0.3, -0.25) is 0 Å². The topological polar surface area (TPSA) is 78.1 Å². The second kappa shape index (κ2) is 11.5. The van der Waals surface area contributed by atoms with E-state index >= 15 is 0 Å². The van der Waals surface area contributed by atoms with Gasteiger partial charge in [0.05, 0.1) is 26.5 Å². The summed E-state index contributed by atoms with van der Waals surface area (Å²) in [6.45, 7) is 5.17. The number of nitrogens with two attached hydrogens (primary N) is 1. The zero-order chi connectivity index (χ0) is 18.9. The van der Waals surface area contributed by atoms with Crippen LogP contribution in [-0.2, 0) is 0 Å². The van der Waals surface area contributed by atoms with Crippen LogP contribution in [0.4, 0.5) is 5.69 Å². The van der Waals surface area contributed by atoms with Gasteiger partial charge in [0.15, 0.2) is 5.96 Å². The standard InChI is InChI=1S/C20H27N3O3.HI/c1-14(2)16-7-5-6-8-18(16)26-12-11-22-20(21)23-17-13-15(24-3)9-10-19(17)25-4;/h5-10,13-14H,11-12H2,1-4H3,(H3,21,22,23);1H. The minimum Gasteiger partial charge on any atom is -0.497 e. The molecule has 0 aliphatic rings. The Labute approximate surface area is 178 Å². The maximum absolute atomic E-state index is 5.97. The number of halogens is 1. The van der Waals surface area contributed by atoms with E-state index in [9.17, 15) is 0 Å². The van der Waals surface area contributed by atoms with E-state index in [1.807, 2.05) is 24.3 Å². The minimum absolute atomic E-state index is 0. The van der Waals surface area contributed by atoms with E-state index in [2.05, 4.69) is 30.2 Å². The van der Waals surface area contributed by atoms with Gasteiger partial charge in [0, 0.05) is 6.07 Å². The highest BCUT2D eigenvalue weighted by Crippen LogP contribution is 2.28. The summed E-state index contributed by atoms with van der Waals surface area (Å²) in [5, 5.41) is 3.03. The number of hydrogen-bond acceptors (Lipinski definition) is 4. The lowest BCUT2D eigenvalue weighted by Crippen LogP contribution is -2.24. The zero-order valence-corrected chi connectivity index (χ0v) is 18.5. The van der Waals surface area contributed by atoms with Crippen LogP contribution in [0.2, 0.25) is 0 Å². The van der Waals surface area contributed by atoms with Crippen molar-refractivity contribution in [1.82, 2.24) is 0 Å². The third-order valence-electron chi connectivity index (χ3n) is 3.84. The molecule has 0 spiro atoms. The van der Waals surface area contributed by atoms with Crippen molar-refractivity contribution in [2.24, 2.45) is 10.7 Å². The summed E-state index contributed by atoms with van der Waals surface area (Å²) in [6.07, 6.45) is 0. The predicted molar refractivity (Wildman–Crippen MR) is 121 cm³/mol. The maximum Gasteiger partial charge on any atom is 0.193 e. The van der Waals surface area contributed by atoms with Gasteiger partial charge in [-0.25, -0.2) is 4.99 Å². The molecular formula is C20H28IN3O3. The van der Waals surface area contributed by atoms with Crippen LogP contribution in [0.15, 0.2) is 47.5 Å². The fourth-order valence-electron chi connectivity index (χ4n) is 2.50. The Balaban J connectivity index is 0.00000364. The number of anilines is 1. The highest BCUT2D eigenvalue weighted by Gasteiger charge is 2.07. The molecule has 6 nitrogen and oxygen atoms in total. The van der Waals surface area contributed by atoms with E-state index in [1.54, 1.807) is 26.4 Å². The van der Waals surface area contributed by atoms with Crippen molar-refractivity contribution in [3.8, 4) is 17.2 Å². The highest BCUT2D eigenvalue weighted by atomic mass is 127. The fraction of sp³-hybridized carbons (Fsp3) is 0.350. The average molecular weight is 485 g/mol. The van der Waals surface area contributed by atoms with Crippen molar-refractivity contribution < 1.29 is 14.2 Å². The SMILES string of the molecule is COc1ccc(OC)c(NC(N)=NCCOc2ccccc2C(C)C)c1.I. The molecule has 148 valence electrons. The van der Waals surface area contributed by atoms with Crippen LogP contribution in [-0.4, -0.2) is 33.3 Å². The average Bonchev–Trinajstić information content (AvgIpc) is 2.65. The number of hydrogen-bond donors (Lipinski definition) is 2. The number of aliphatic imine (C=N–C) groups is 1. The molecule has 0 aliphatic carbocycles. The van der Waals surface area contributed by atoms with Gasteiger partial charge in [0.1, 0.15) is 23.9 Å². The summed E-state index contributed by atoms with van der Waals surface area (Å²) in [5.41, 5.74) is 7.84. The molecular weight excluding hydrogens is 457 g/mol. The smallest absolute Gasteiger partial charge is 0.193 e. The second-order valence-electron chi connectivity index (χ2n) is 6.00. The Morgan fingerprint density at radius 2 is 1.81 bits per heavy atom. The molecule has 0 unspecified atom stereocenters. The van der Waals surface area contributed by atoms with Gasteiger partial charge in [-0.2, -0.15) is 0 Å². The molecule has 0 atom stereocenters. The largest absolute Gasteiger partial charge is 0.497 e. The van der Waals surface area contributed by atoms with Crippen molar-refractivity contribution in [2.45, 2.75) is 19.8 Å². The van der Waals surface area contributed by atoms with E-state index < -0.39 is 0 Å². The number of nitrogens with one attached hydrogen (secondary N) is 1. The molecule has 0 aliphatic heterocycles. The molecule has 0 saturated carbocycles. The van der Waals surface area contributed by atoms with Crippen LogP contribution in [0, 0.1) is 0 Å². The lowest BCUT2D eigenvalue weighted by Gasteiger charge is -2.14. The first-order valence-electron chi connectivity index (χ1n) is 8.55. The summed E-state index contributed by atoms with van der Waals surface area (Å²) in [6, 6.07) is 13.5. The van der Waals surface area contributed by atoms with E-state index in [4.69, 9.17) is 19.9 Å². The lowest BCUT2D eigenvalue weighted by molar-refractivity contribution is 0.324. The normalized spacial score (nSPS) is 10.9. The molecule has 0 fully saturated rings. The van der Waals surface area contributed by atoms with Crippen LogP contribution in [0.5, 0.6) is 17.2 Å². The molecule has 7 heteroatoms. The second-order valence-corrected chi connectivity index (χ2v) is 6.00. The number of ether oxygens (including phenoxy) is 3. The minimum atomic E-state index is 0. The number of benzene rings is 2. The number of guanidine groups is 1. The zero-order valence-electron chi connectivity index (χ0n) is 16.2. The van der Waals surface area contributed by atoms with Crippen LogP contribution in [0.3, 0.4) is 0 Å². The molecule has 0 saturated heterocycles. The van der Waals surface area contributed by atoms with Gasteiger partial charge in [0.2, 0.25) is 0 Å². The summed E-state index contributed by atoms with van der Waals surface area (Å²) >= 11 is 0. The van der Waals surface area contributed by atoms with Crippen molar-refractivity contribution in [3.05, 3.63) is 48.0 Å². The third-order valence-corrected chi connectivity index (χ3v) is 3.84. The molecule has 2 aromatic carbocycles. The van der Waals surface area contributed by atoms with E-state index in [-0.39, 0.29) is 29.9 Å². The van der Waals surface area contributed by atoms with E-state index in [0.717, 1.165) is 5.75 Å². The first-order valence-corrected chi connectivity index (χ1v) is 8.55. The van der Waals surface area contributed by atoms with Crippen molar-refractivity contribution >= 4 is 35.6 Å². The van der Waals surface area contributed by atoms with Crippen LogP contribution >= 0.6 is 24.0 Å². The van der Waals surface area contributed by atoms with E-state index in [1.165, 1.54) is 5.56 Å². The Hall–Kier alpha value is -2.16. The van der Waals surface area contributed by atoms with Crippen LogP contribution in [0.1, 0.15) is 25.3 Å². The van der Waals surface area contributed by atoms with Gasteiger partial charge in [0.25, 0.3) is 0 Å². The molecule has 0 heterocycles. The van der Waals surface area contributed by atoms with Crippen molar-refractivity contribution in [1.29, 1.82) is 0 Å². The summed E-state index contributed by atoms with van der Waals surface area (Å²) in [5.74, 6) is 2.94. The molecule has 2 rings (SSSR count). The Kier molecular flexibility index (Phi) is 9.77. The molecule has 2 aromatic rings. The van der Waals surface area contributed by atoms with E-state index in [0.29, 0.717) is 36.3 Å². The number of para-hydroxylation sites is 1. The highest BCUT2D eigenvalue weighted by molar-refractivity contribution is 14.0. The Morgan fingerprint density at radius 3 is 2.48 bits per heavy atom. The Bertz CT molecular complexity index is 751.